The van der Waals surface area contributed by atoms with Gasteiger partial charge in [0.05, 0.1) is 5.56 Å². The van der Waals surface area contributed by atoms with Crippen LogP contribution < -0.4 is 0 Å². The molecule has 1 aromatic carbocycles. The van der Waals surface area contributed by atoms with Crippen LogP contribution in [-0.4, -0.2) is 42.0 Å². The van der Waals surface area contributed by atoms with Crippen molar-refractivity contribution >= 4 is 23.7 Å². The molecule has 0 aliphatic carbocycles. The van der Waals surface area contributed by atoms with E-state index in [0.29, 0.717) is 5.56 Å². The molecule has 7 heteroatoms. The number of hydrogen-bond donors (Lipinski definition) is 1. The van der Waals surface area contributed by atoms with Crippen molar-refractivity contribution in [3.63, 3.8) is 0 Å². The number of esters is 2. The second-order valence-corrected chi connectivity index (χ2v) is 3.63. The summed E-state index contributed by atoms with van der Waals surface area (Å²) in [6, 6.07) is 8.24. The van der Waals surface area contributed by atoms with Gasteiger partial charge in [-0.2, -0.15) is 0 Å². The Labute approximate surface area is 114 Å². The second kappa shape index (κ2) is 7.67. The van der Waals surface area contributed by atoms with Gasteiger partial charge in [0.25, 0.3) is 5.78 Å². The Hall–Kier alpha value is -2.70. The van der Waals surface area contributed by atoms with E-state index < -0.39 is 30.1 Å². The summed E-state index contributed by atoms with van der Waals surface area (Å²) in [5.41, 5.74) is 0.361. The number of aliphatic carboxylic acids is 1. The molecule has 1 N–H and O–H groups in total. The summed E-state index contributed by atoms with van der Waals surface area (Å²) in [7, 11) is 0. The summed E-state index contributed by atoms with van der Waals surface area (Å²) < 4.78 is 9.36. The van der Waals surface area contributed by atoms with E-state index in [1.165, 1.54) is 0 Å². The molecule has 0 unspecified atom stereocenters. The smallest absolute Gasteiger partial charge is 0.372 e. The molecule has 106 valence electrons. The SMILES string of the molecule is O=C(CC(=O)C(=O)O)OCCOC(=O)c1ccccc1. The minimum absolute atomic E-state index is 0.180. The average Bonchev–Trinajstić information content (AvgIpc) is 2.44. The van der Waals surface area contributed by atoms with Crippen molar-refractivity contribution in [2.24, 2.45) is 0 Å². The summed E-state index contributed by atoms with van der Waals surface area (Å²) in [5, 5.41) is 8.27. The Morgan fingerprint density at radius 1 is 0.950 bits per heavy atom. The maximum Gasteiger partial charge on any atom is 0.372 e. The highest BCUT2D eigenvalue weighted by atomic mass is 16.6. The van der Waals surface area contributed by atoms with Gasteiger partial charge < -0.3 is 14.6 Å². The lowest BCUT2D eigenvalue weighted by molar-refractivity contribution is -0.155. The summed E-state index contributed by atoms with van der Waals surface area (Å²) in [5.74, 6) is -4.50. The van der Waals surface area contributed by atoms with Crippen molar-refractivity contribution in [3.05, 3.63) is 35.9 Å². The van der Waals surface area contributed by atoms with Crippen LogP contribution in [0.5, 0.6) is 0 Å². The Balaban J connectivity index is 2.22. The number of benzene rings is 1. The van der Waals surface area contributed by atoms with Crippen LogP contribution in [0.25, 0.3) is 0 Å². The largest absolute Gasteiger partial charge is 0.475 e. The van der Waals surface area contributed by atoms with Crippen LogP contribution in [0.2, 0.25) is 0 Å². The fraction of sp³-hybridized carbons (Fsp3) is 0.231. The predicted octanol–water partition coefficient (Wildman–Crippen LogP) is 0.430. The lowest BCUT2D eigenvalue weighted by atomic mass is 10.2. The number of carboxylic acid groups (broad SMARTS) is 1. The topological polar surface area (TPSA) is 107 Å². The fourth-order valence-electron chi connectivity index (χ4n) is 1.21. The molecule has 1 rings (SSSR count). The van der Waals surface area contributed by atoms with Crippen LogP contribution >= 0.6 is 0 Å². The normalized spacial score (nSPS) is 9.60. The molecule has 0 spiro atoms. The Bertz CT molecular complexity index is 507. The number of ether oxygens (including phenoxy) is 2. The molecule has 0 heterocycles. The van der Waals surface area contributed by atoms with E-state index in [2.05, 4.69) is 4.74 Å². The van der Waals surface area contributed by atoms with Gasteiger partial charge in [0, 0.05) is 0 Å². The maximum absolute atomic E-state index is 11.5. The number of ketones is 1. The molecule has 0 bridgehead atoms. The fourth-order valence-corrected chi connectivity index (χ4v) is 1.21. The van der Waals surface area contributed by atoms with Gasteiger partial charge in [0.15, 0.2) is 0 Å². The molecular weight excluding hydrogens is 268 g/mol. The number of carbonyl (C=O) groups excluding carboxylic acids is 3. The van der Waals surface area contributed by atoms with Crippen molar-refractivity contribution in [2.45, 2.75) is 6.42 Å². The van der Waals surface area contributed by atoms with Crippen molar-refractivity contribution in [3.8, 4) is 0 Å². The molecule has 0 saturated heterocycles. The molecule has 0 radical (unpaired) electrons. The van der Waals surface area contributed by atoms with Gasteiger partial charge in [-0.05, 0) is 12.1 Å². The Morgan fingerprint density at radius 2 is 1.55 bits per heavy atom. The maximum atomic E-state index is 11.5. The van der Waals surface area contributed by atoms with Gasteiger partial charge in [-0.3, -0.25) is 9.59 Å². The van der Waals surface area contributed by atoms with E-state index in [1.54, 1.807) is 30.3 Å². The van der Waals surface area contributed by atoms with E-state index >= 15 is 0 Å². The van der Waals surface area contributed by atoms with Gasteiger partial charge >= 0.3 is 17.9 Å². The third-order valence-electron chi connectivity index (χ3n) is 2.13. The third kappa shape index (κ3) is 5.30. The minimum Gasteiger partial charge on any atom is -0.475 e. The van der Waals surface area contributed by atoms with Crippen LogP contribution in [-0.2, 0) is 23.9 Å². The molecular formula is C13H12O7. The molecule has 0 saturated carbocycles. The highest BCUT2D eigenvalue weighted by Gasteiger charge is 2.17. The van der Waals surface area contributed by atoms with Crippen LogP contribution in [0, 0.1) is 0 Å². The Kier molecular flexibility index (Phi) is 5.89. The lowest BCUT2D eigenvalue weighted by Gasteiger charge is -2.05. The monoisotopic (exact) mass is 280 g/mol. The van der Waals surface area contributed by atoms with E-state index in [0.717, 1.165) is 0 Å². The second-order valence-electron chi connectivity index (χ2n) is 3.63. The van der Waals surface area contributed by atoms with E-state index in [9.17, 15) is 19.2 Å². The zero-order valence-electron chi connectivity index (χ0n) is 10.4. The molecule has 7 nitrogen and oxygen atoms in total. The highest BCUT2D eigenvalue weighted by molar-refractivity contribution is 6.35. The van der Waals surface area contributed by atoms with Gasteiger partial charge in [-0.15, -0.1) is 0 Å². The summed E-state index contributed by atoms with van der Waals surface area (Å²) >= 11 is 0. The molecule has 0 aliphatic heterocycles. The molecule has 0 aromatic heterocycles. The van der Waals surface area contributed by atoms with Crippen molar-refractivity contribution in [1.29, 1.82) is 0 Å². The van der Waals surface area contributed by atoms with Crippen molar-refractivity contribution < 1.29 is 33.8 Å². The average molecular weight is 280 g/mol. The lowest BCUT2D eigenvalue weighted by Crippen LogP contribution is -2.20. The molecule has 0 amide bonds. The van der Waals surface area contributed by atoms with Gasteiger partial charge in [-0.1, -0.05) is 18.2 Å². The number of carbonyl (C=O) groups is 4. The first-order valence-electron chi connectivity index (χ1n) is 5.64. The molecule has 0 aliphatic rings. The number of hydrogen-bond acceptors (Lipinski definition) is 6. The zero-order valence-corrected chi connectivity index (χ0v) is 10.4. The minimum atomic E-state index is -1.70. The number of rotatable bonds is 7. The Morgan fingerprint density at radius 3 is 2.15 bits per heavy atom. The molecule has 20 heavy (non-hydrogen) atoms. The van der Waals surface area contributed by atoms with Crippen LogP contribution in [0.15, 0.2) is 30.3 Å². The van der Waals surface area contributed by atoms with Crippen molar-refractivity contribution in [2.75, 3.05) is 13.2 Å². The van der Waals surface area contributed by atoms with Crippen LogP contribution in [0.3, 0.4) is 0 Å². The van der Waals surface area contributed by atoms with Gasteiger partial charge in [0.1, 0.15) is 19.6 Å². The zero-order chi connectivity index (χ0) is 15.0. The first-order chi connectivity index (χ1) is 9.50. The first-order valence-corrected chi connectivity index (χ1v) is 5.64. The molecule has 1 aromatic rings. The van der Waals surface area contributed by atoms with E-state index in [1.807, 2.05) is 0 Å². The predicted molar refractivity (Wildman–Crippen MR) is 64.9 cm³/mol. The quantitative estimate of drug-likeness (QED) is 0.334. The molecule has 0 atom stereocenters. The van der Waals surface area contributed by atoms with Gasteiger partial charge in [0.2, 0.25) is 0 Å². The summed E-state index contributed by atoms with van der Waals surface area (Å²) in [6.45, 7) is -0.426. The first kappa shape index (κ1) is 15.4. The summed E-state index contributed by atoms with van der Waals surface area (Å²) in [6.07, 6.45) is -0.845. The van der Waals surface area contributed by atoms with Gasteiger partial charge in [-0.25, -0.2) is 9.59 Å². The molecule has 0 fully saturated rings. The third-order valence-corrected chi connectivity index (χ3v) is 2.13. The standard InChI is InChI=1S/C13H12O7/c14-10(12(16)17)8-11(15)19-6-7-20-13(18)9-4-2-1-3-5-9/h1-5H,6-8H2,(H,16,17). The summed E-state index contributed by atoms with van der Waals surface area (Å²) in [4.78, 5) is 43.4. The van der Waals surface area contributed by atoms with Crippen LogP contribution in [0.1, 0.15) is 16.8 Å². The number of Topliss-reactive ketones (excluding diaryl/α,β-unsaturated/α-hetero) is 1. The van der Waals surface area contributed by atoms with Crippen LogP contribution in [0.4, 0.5) is 0 Å². The van der Waals surface area contributed by atoms with E-state index in [-0.39, 0.29) is 13.2 Å². The highest BCUT2D eigenvalue weighted by Crippen LogP contribution is 2.00. The number of carboxylic acids is 1. The van der Waals surface area contributed by atoms with E-state index in [4.69, 9.17) is 9.84 Å². The van der Waals surface area contributed by atoms with Crippen molar-refractivity contribution in [1.82, 2.24) is 0 Å².